The standard InChI is InChI=1S/C13H15F2N7/c14-13(15)2-5-22(6-3-13)12-19-7-8(10(17)21-12)11-18-4-1-9(16)20-11/h1,4,7H,2-3,5-6H2,(H2,16,18,20)(H2,17,19,21). The zero-order valence-corrected chi connectivity index (χ0v) is 11.7. The summed E-state index contributed by atoms with van der Waals surface area (Å²) in [6.07, 6.45) is 2.57. The highest BCUT2D eigenvalue weighted by Crippen LogP contribution is 2.30. The van der Waals surface area contributed by atoms with E-state index in [1.54, 1.807) is 11.0 Å². The van der Waals surface area contributed by atoms with Gasteiger partial charge in [-0.15, -0.1) is 0 Å². The highest BCUT2D eigenvalue weighted by Gasteiger charge is 2.34. The summed E-state index contributed by atoms with van der Waals surface area (Å²) in [5.41, 5.74) is 12.0. The second-order valence-electron chi connectivity index (χ2n) is 5.12. The van der Waals surface area contributed by atoms with Crippen molar-refractivity contribution < 1.29 is 8.78 Å². The fraction of sp³-hybridized carbons (Fsp3) is 0.385. The Morgan fingerprint density at radius 1 is 1.09 bits per heavy atom. The molecule has 3 rings (SSSR count). The number of nitrogens with zero attached hydrogens (tertiary/aromatic N) is 5. The Morgan fingerprint density at radius 2 is 1.82 bits per heavy atom. The molecule has 0 aromatic carbocycles. The van der Waals surface area contributed by atoms with Crippen molar-refractivity contribution in [3.63, 3.8) is 0 Å². The number of piperidine rings is 1. The van der Waals surface area contributed by atoms with Crippen LogP contribution in [0.15, 0.2) is 18.5 Å². The minimum atomic E-state index is -2.61. The van der Waals surface area contributed by atoms with Gasteiger partial charge in [0.2, 0.25) is 5.95 Å². The van der Waals surface area contributed by atoms with Gasteiger partial charge < -0.3 is 16.4 Å². The lowest BCUT2D eigenvalue weighted by molar-refractivity contribution is -0.0222. The van der Waals surface area contributed by atoms with E-state index in [9.17, 15) is 8.78 Å². The Balaban J connectivity index is 1.84. The van der Waals surface area contributed by atoms with E-state index in [-0.39, 0.29) is 31.7 Å². The van der Waals surface area contributed by atoms with Gasteiger partial charge >= 0.3 is 0 Å². The molecule has 1 saturated heterocycles. The molecule has 0 amide bonds. The highest BCUT2D eigenvalue weighted by molar-refractivity contribution is 5.68. The first-order chi connectivity index (χ1) is 10.4. The second-order valence-corrected chi connectivity index (χ2v) is 5.12. The zero-order chi connectivity index (χ0) is 15.7. The number of hydrogen-bond acceptors (Lipinski definition) is 7. The van der Waals surface area contributed by atoms with Crippen LogP contribution in [0.5, 0.6) is 0 Å². The van der Waals surface area contributed by atoms with Crippen LogP contribution in [0.4, 0.5) is 26.4 Å². The smallest absolute Gasteiger partial charge is 0.251 e. The van der Waals surface area contributed by atoms with Crippen molar-refractivity contribution in [1.29, 1.82) is 0 Å². The Morgan fingerprint density at radius 3 is 2.45 bits per heavy atom. The van der Waals surface area contributed by atoms with Gasteiger partial charge in [0.05, 0.1) is 5.56 Å². The third-order valence-electron chi connectivity index (χ3n) is 3.50. The second kappa shape index (κ2) is 5.32. The number of nitrogens with two attached hydrogens (primary N) is 2. The van der Waals surface area contributed by atoms with Crippen LogP contribution < -0.4 is 16.4 Å². The Bertz CT molecular complexity index is 682. The summed E-state index contributed by atoms with van der Waals surface area (Å²) in [7, 11) is 0. The van der Waals surface area contributed by atoms with Gasteiger partial charge in [0.15, 0.2) is 5.82 Å². The lowest BCUT2D eigenvalue weighted by Gasteiger charge is -2.31. The summed E-state index contributed by atoms with van der Waals surface area (Å²) in [5.74, 6) is -1.45. The van der Waals surface area contributed by atoms with Gasteiger partial charge in [0, 0.05) is 38.3 Å². The first-order valence-electron chi connectivity index (χ1n) is 6.79. The molecule has 1 aliphatic heterocycles. The first-order valence-corrected chi connectivity index (χ1v) is 6.79. The number of halogens is 2. The van der Waals surface area contributed by atoms with Crippen LogP contribution in [-0.4, -0.2) is 38.9 Å². The minimum Gasteiger partial charge on any atom is -0.384 e. The molecule has 2 aromatic rings. The van der Waals surface area contributed by atoms with E-state index in [2.05, 4.69) is 19.9 Å². The highest BCUT2D eigenvalue weighted by atomic mass is 19.3. The van der Waals surface area contributed by atoms with E-state index in [0.29, 0.717) is 23.2 Å². The molecule has 4 N–H and O–H groups in total. The van der Waals surface area contributed by atoms with E-state index in [4.69, 9.17) is 11.5 Å². The van der Waals surface area contributed by atoms with Crippen molar-refractivity contribution in [2.24, 2.45) is 0 Å². The maximum absolute atomic E-state index is 13.2. The molecule has 3 heterocycles. The van der Waals surface area contributed by atoms with Crippen molar-refractivity contribution in [3.8, 4) is 11.4 Å². The van der Waals surface area contributed by atoms with Gasteiger partial charge in [0.1, 0.15) is 11.6 Å². The summed E-state index contributed by atoms with van der Waals surface area (Å²) < 4.78 is 26.4. The average molecular weight is 307 g/mol. The van der Waals surface area contributed by atoms with Crippen LogP contribution in [0.2, 0.25) is 0 Å². The molecule has 116 valence electrons. The topological polar surface area (TPSA) is 107 Å². The number of alkyl halides is 2. The number of hydrogen-bond donors (Lipinski definition) is 2. The zero-order valence-electron chi connectivity index (χ0n) is 11.7. The van der Waals surface area contributed by atoms with Gasteiger partial charge in [-0.05, 0) is 6.07 Å². The molecule has 0 saturated carbocycles. The molecule has 0 bridgehead atoms. The fourth-order valence-corrected chi connectivity index (χ4v) is 2.25. The van der Waals surface area contributed by atoms with E-state index >= 15 is 0 Å². The summed E-state index contributed by atoms with van der Waals surface area (Å²) >= 11 is 0. The van der Waals surface area contributed by atoms with Crippen molar-refractivity contribution in [3.05, 3.63) is 18.5 Å². The summed E-state index contributed by atoms with van der Waals surface area (Å²) in [6, 6.07) is 1.56. The lowest BCUT2D eigenvalue weighted by atomic mass is 10.1. The van der Waals surface area contributed by atoms with Gasteiger partial charge in [-0.25, -0.2) is 23.7 Å². The van der Waals surface area contributed by atoms with E-state index in [1.807, 2.05) is 0 Å². The van der Waals surface area contributed by atoms with Crippen molar-refractivity contribution in [2.75, 3.05) is 29.5 Å². The van der Waals surface area contributed by atoms with Gasteiger partial charge in [-0.2, -0.15) is 4.98 Å². The van der Waals surface area contributed by atoms with E-state index in [1.165, 1.54) is 12.4 Å². The predicted molar refractivity (Wildman–Crippen MR) is 78.3 cm³/mol. The Hall–Kier alpha value is -2.58. The van der Waals surface area contributed by atoms with Crippen LogP contribution in [0.3, 0.4) is 0 Å². The SMILES string of the molecule is Nc1ccnc(-c2cnc(N3CCC(F)(F)CC3)nc2N)n1. The van der Waals surface area contributed by atoms with Gasteiger partial charge in [-0.3, -0.25) is 0 Å². The molecule has 7 nitrogen and oxygen atoms in total. The molecule has 0 spiro atoms. The predicted octanol–water partition coefficient (Wildman–Crippen LogP) is 1.33. The van der Waals surface area contributed by atoms with Crippen LogP contribution in [0.1, 0.15) is 12.8 Å². The monoisotopic (exact) mass is 307 g/mol. The number of anilines is 3. The van der Waals surface area contributed by atoms with Gasteiger partial charge in [-0.1, -0.05) is 0 Å². The van der Waals surface area contributed by atoms with Crippen molar-refractivity contribution >= 4 is 17.6 Å². The molecule has 0 aliphatic carbocycles. The molecule has 1 fully saturated rings. The molecule has 0 radical (unpaired) electrons. The largest absolute Gasteiger partial charge is 0.384 e. The molecule has 1 aliphatic rings. The Kier molecular flexibility index (Phi) is 3.47. The third kappa shape index (κ3) is 2.87. The molecule has 22 heavy (non-hydrogen) atoms. The third-order valence-corrected chi connectivity index (χ3v) is 3.50. The molecule has 0 unspecified atom stereocenters. The fourth-order valence-electron chi connectivity index (χ4n) is 2.25. The average Bonchev–Trinajstić information content (AvgIpc) is 2.47. The van der Waals surface area contributed by atoms with E-state index < -0.39 is 5.92 Å². The van der Waals surface area contributed by atoms with Crippen LogP contribution >= 0.6 is 0 Å². The molecular formula is C13H15F2N7. The van der Waals surface area contributed by atoms with Gasteiger partial charge in [0.25, 0.3) is 5.92 Å². The maximum Gasteiger partial charge on any atom is 0.251 e. The summed E-state index contributed by atoms with van der Waals surface area (Å²) in [4.78, 5) is 18.2. The molecule has 9 heteroatoms. The quantitative estimate of drug-likeness (QED) is 0.862. The number of rotatable bonds is 2. The Labute approximate surface area is 125 Å². The number of aromatic nitrogens is 4. The molecule has 2 aromatic heterocycles. The lowest BCUT2D eigenvalue weighted by Crippen LogP contribution is -2.40. The minimum absolute atomic E-state index is 0.188. The summed E-state index contributed by atoms with van der Waals surface area (Å²) in [5, 5.41) is 0. The molecular weight excluding hydrogens is 292 g/mol. The maximum atomic E-state index is 13.2. The van der Waals surface area contributed by atoms with Crippen molar-refractivity contribution in [2.45, 2.75) is 18.8 Å². The normalized spacial score (nSPS) is 17.5. The van der Waals surface area contributed by atoms with E-state index in [0.717, 1.165) is 0 Å². The van der Waals surface area contributed by atoms with Crippen LogP contribution in [0, 0.1) is 0 Å². The molecule has 0 atom stereocenters. The van der Waals surface area contributed by atoms with Crippen LogP contribution in [-0.2, 0) is 0 Å². The summed E-state index contributed by atoms with van der Waals surface area (Å²) in [6.45, 7) is 0.390. The van der Waals surface area contributed by atoms with Crippen molar-refractivity contribution in [1.82, 2.24) is 19.9 Å². The van der Waals surface area contributed by atoms with Crippen LogP contribution in [0.25, 0.3) is 11.4 Å². The first kappa shape index (κ1) is 14.4. The number of nitrogen functional groups attached to an aromatic ring is 2.